The third kappa shape index (κ3) is 5.19. The Bertz CT molecular complexity index is 608. The summed E-state index contributed by atoms with van der Waals surface area (Å²) in [5, 5.41) is 3.48. The summed E-state index contributed by atoms with van der Waals surface area (Å²) in [6.45, 7) is 3.99. The predicted molar refractivity (Wildman–Crippen MR) is 99.7 cm³/mol. The van der Waals surface area contributed by atoms with Crippen LogP contribution < -0.4 is 5.32 Å². The van der Waals surface area contributed by atoms with Gasteiger partial charge in [-0.25, -0.2) is 0 Å². The Morgan fingerprint density at radius 2 is 1.84 bits per heavy atom. The first-order valence-corrected chi connectivity index (χ1v) is 9.56. The Hall–Kier alpha value is -1.59. The minimum Gasteiger partial charge on any atom is -0.340 e. The van der Waals surface area contributed by atoms with E-state index in [2.05, 4.69) is 10.2 Å². The van der Waals surface area contributed by atoms with Crippen LogP contribution >= 0.6 is 11.6 Å². The molecule has 6 heteroatoms. The molecule has 1 saturated carbocycles. The van der Waals surface area contributed by atoms with Crippen LogP contribution in [-0.4, -0.2) is 54.3 Å². The maximum atomic E-state index is 12.4. The van der Waals surface area contributed by atoms with Gasteiger partial charge in [0.25, 0.3) is 0 Å². The van der Waals surface area contributed by atoms with Gasteiger partial charge in [0.2, 0.25) is 11.8 Å². The van der Waals surface area contributed by atoms with E-state index in [1.54, 1.807) is 12.1 Å². The highest BCUT2D eigenvalue weighted by Gasteiger charge is 2.29. The number of hydrogen-bond donors (Lipinski definition) is 1. The van der Waals surface area contributed by atoms with Crippen molar-refractivity contribution < 1.29 is 9.59 Å². The molecule has 0 bridgehead atoms. The van der Waals surface area contributed by atoms with Gasteiger partial charge in [-0.2, -0.15) is 0 Å². The molecule has 3 rings (SSSR count). The number of amides is 2. The van der Waals surface area contributed by atoms with Crippen molar-refractivity contribution in [2.24, 2.45) is 5.92 Å². The van der Waals surface area contributed by atoms with E-state index in [9.17, 15) is 9.59 Å². The van der Waals surface area contributed by atoms with E-state index in [4.69, 9.17) is 11.6 Å². The molecule has 0 radical (unpaired) electrons. The van der Waals surface area contributed by atoms with Crippen LogP contribution in [0.4, 0.5) is 5.69 Å². The zero-order valence-corrected chi connectivity index (χ0v) is 15.3. The second-order valence-electron chi connectivity index (χ2n) is 6.96. The molecule has 2 fully saturated rings. The summed E-state index contributed by atoms with van der Waals surface area (Å²) in [5.74, 6) is 0.595. The Balaban J connectivity index is 1.37. The molecule has 1 saturated heterocycles. The van der Waals surface area contributed by atoms with Crippen molar-refractivity contribution in [3.8, 4) is 0 Å². The fourth-order valence-electron chi connectivity index (χ4n) is 3.67. The van der Waals surface area contributed by atoms with Crippen LogP contribution in [0.25, 0.3) is 0 Å². The van der Waals surface area contributed by atoms with E-state index in [0.29, 0.717) is 17.4 Å². The van der Waals surface area contributed by atoms with Gasteiger partial charge < -0.3 is 10.2 Å². The number of benzene rings is 1. The lowest BCUT2D eigenvalue weighted by Crippen LogP contribution is -2.50. The summed E-state index contributed by atoms with van der Waals surface area (Å²) in [4.78, 5) is 28.8. The molecule has 1 heterocycles. The van der Waals surface area contributed by atoms with E-state index in [-0.39, 0.29) is 11.8 Å². The predicted octanol–water partition coefficient (Wildman–Crippen LogP) is 3.00. The van der Waals surface area contributed by atoms with Crippen LogP contribution in [0.3, 0.4) is 0 Å². The summed E-state index contributed by atoms with van der Waals surface area (Å²) in [6.07, 6.45) is 4.95. The van der Waals surface area contributed by atoms with Crippen molar-refractivity contribution in [1.29, 1.82) is 0 Å². The number of halogens is 1. The zero-order chi connectivity index (χ0) is 17.6. The molecule has 1 aliphatic carbocycles. The van der Waals surface area contributed by atoms with Gasteiger partial charge in [0.05, 0.1) is 0 Å². The Labute approximate surface area is 154 Å². The molecular weight excluding hydrogens is 338 g/mol. The summed E-state index contributed by atoms with van der Waals surface area (Å²) in [7, 11) is 0. The summed E-state index contributed by atoms with van der Waals surface area (Å²) >= 11 is 5.92. The Kier molecular flexibility index (Phi) is 6.32. The molecule has 1 N–H and O–H groups in total. The minimum atomic E-state index is -0.00766. The lowest BCUT2D eigenvalue weighted by molar-refractivity contribution is -0.137. The molecule has 2 amide bonds. The van der Waals surface area contributed by atoms with E-state index in [0.717, 1.165) is 51.3 Å². The summed E-state index contributed by atoms with van der Waals surface area (Å²) in [6, 6.07) is 7.17. The first-order chi connectivity index (χ1) is 12.1. The second-order valence-corrected chi connectivity index (χ2v) is 7.39. The van der Waals surface area contributed by atoms with Gasteiger partial charge in [-0.1, -0.05) is 30.5 Å². The van der Waals surface area contributed by atoms with E-state index in [1.165, 1.54) is 12.8 Å². The topological polar surface area (TPSA) is 52.7 Å². The fourth-order valence-corrected chi connectivity index (χ4v) is 3.86. The fraction of sp³-hybridized carbons (Fsp3) is 0.579. The largest absolute Gasteiger partial charge is 0.340 e. The highest BCUT2D eigenvalue weighted by Crippen LogP contribution is 2.26. The van der Waals surface area contributed by atoms with Crippen molar-refractivity contribution in [1.82, 2.24) is 9.80 Å². The SMILES string of the molecule is O=C(CCN1CCN(C(=O)C2CCCC2)CC1)Nc1cccc(Cl)c1. The second kappa shape index (κ2) is 8.68. The molecule has 0 atom stereocenters. The van der Waals surface area contributed by atoms with Gasteiger partial charge in [-0.15, -0.1) is 0 Å². The monoisotopic (exact) mass is 363 g/mol. The minimum absolute atomic E-state index is 0.00766. The van der Waals surface area contributed by atoms with Crippen LogP contribution in [0.15, 0.2) is 24.3 Å². The quantitative estimate of drug-likeness (QED) is 0.874. The molecule has 1 aromatic rings. The number of nitrogens with zero attached hydrogens (tertiary/aromatic N) is 2. The molecule has 25 heavy (non-hydrogen) atoms. The lowest BCUT2D eigenvalue weighted by atomic mass is 10.1. The van der Waals surface area contributed by atoms with E-state index >= 15 is 0 Å². The number of piperazine rings is 1. The Morgan fingerprint density at radius 3 is 2.52 bits per heavy atom. The maximum absolute atomic E-state index is 12.4. The van der Waals surface area contributed by atoms with Gasteiger partial charge in [-0.3, -0.25) is 14.5 Å². The van der Waals surface area contributed by atoms with E-state index in [1.807, 2.05) is 17.0 Å². The average molecular weight is 364 g/mol. The summed E-state index contributed by atoms with van der Waals surface area (Å²) < 4.78 is 0. The molecular formula is C19H26ClN3O2. The number of carbonyl (C=O) groups is 2. The molecule has 0 unspecified atom stereocenters. The van der Waals surface area contributed by atoms with E-state index < -0.39 is 0 Å². The zero-order valence-electron chi connectivity index (χ0n) is 14.5. The smallest absolute Gasteiger partial charge is 0.225 e. The van der Waals surface area contributed by atoms with Crippen LogP contribution in [0.2, 0.25) is 5.02 Å². The van der Waals surface area contributed by atoms with Gasteiger partial charge in [0, 0.05) is 55.8 Å². The maximum Gasteiger partial charge on any atom is 0.225 e. The highest BCUT2D eigenvalue weighted by atomic mass is 35.5. The van der Waals surface area contributed by atoms with Crippen LogP contribution in [0.5, 0.6) is 0 Å². The summed E-state index contributed by atoms with van der Waals surface area (Å²) in [5.41, 5.74) is 0.726. The van der Waals surface area contributed by atoms with Crippen LogP contribution in [0.1, 0.15) is 32.1 Å². The third-order valence-corrected chi connectivity index (χ3v) is 5.39. The first-order valence-electron chi connectivity index (χ1n) is 9.18. The number of rotatable bonds is 5. The molecule has 0 aromatic heterocycles. The normalized spacial score (nSPS) is 19.2. The van der Waals surface area contributed by atoms with Gasteiger partial charge in [0.15, 0.2) is 0 Å². The van der Waals surface area contributed by atoms with Crippen molar-refractivity contribution in [2.75, 3.05) is 38.0 Å². The number of carbonyl (C=O) groups excluding carboxylic acids is 2. The van der Waals surface area contributed by atoms with Crippen molar-refractivity contribution in [2.45, 2.75) is 32.1 Å². The van der Waals surface area contributed by atoms with Gasteiger partial charge in [-0.05, 0) is 31.0 Å². The molecule has 0 spiro atoms. The number of nitrogens with one attached hydrogen (secondary N) is 1. The number of hydrogen-bond acceptors (Lipinski definition) is 3. The lowest BCUT2D eigenvalue weighted by Gasteiger charge is -2.35. The molecule has 2 aliphatic rings. The van der Waals surface area contributed by atoms with Crippen LogP contribution in [0, 0.1) is 5.92 Å². The van der Waals surface area contributed by atoms with Gasteiger partial charge >= 0.3 is 0 Å². The third-order valence-electron chi connectivity index (χ3n) is 5.15. The highest BCUT2D eigenvalue weighted by molar-refractivity contribution is 6.30. The Morgan fingerprint density at radius 1 is 1.12 bits per heavy atom. The molecule has 136 valence electrons. The average Bonchev–Trinajstić information content (AvgIpc) is 3.14. The van der Waals surface area contributed by atoms with Crippen molar-refractivity contribution >= 4 is 29.1 Å². The number of anilines is 1. The standard InChI is InChI=1S/C19H26ClN3O2/c20-16-6-3-7-17(14-16)21-18(24)8-9-22-10-12-23(13-11-22)19(25)15-4-1-2-5-15/h3,6-7,14-15H,1-2,4-5,8-13H2,(H,21,24). The van der Waals surface area contributed by atoms with Crippen molar-refractivity contribution in [3.63, 3.8) is 0 Å². The molecule has 1 aromatic carbocycles. The van der Waals surface area contributed by atoms with Crippen LogP contribution in [-0.2, 0) is 9.59 Å². The molecule has 1 aliphatic heterocycles. The first kappa shape index (κ1) is 18.2. The van der Waals surface area contributed by atoms with Gasteiger partial charge in [0.1, 0.15) is 0 Å². The van der Waals surface area contributed by atoms with Crippen molar-refractivity contribution in [3.05, 3.63) is 29.3 Å². The molecule has 5 nitrogen and oxygen atoms in total.